The van der Waals surface area contributed by atoms with Crippen molar-refractivity contribution in [3.63, 3.8) is 0 Å². The second-order valence-corrected chi connectivity index (χ2v) is 18.0. The summed E-state index contributed by atoms with van der Waals surface area (Å²) in [6.07, 6.45) is 2.09. The number of amides is 6. The van der Waals surface area contributed by atoms with Crippen LogP contribution in [0.4, 0.5) is 0 Å². The number of aryl methyl sites for hydroxylation is 1. The molecular formula is C56H55N9O6. The third kappa shape index (κ3) is 13.3. The van der Waals surface area contributed by atoms with Crippen molar-refractivity contribution >= 4 is 35.4 Å². The van der Waals surface area contributed by atoms with Gasteiger partial charge in [-0.1, -0.05) is 66.2 Å². The van der Waals surface area contributed by atoms with E-state index in [0.717, 1.165) is 27.8 Å². The Balaban J connectivity index is 0.995. The van der Waals surface area contributed by atoms with Gasteiger partial charge in [0.15, 0.2) is 0 Å². The number of carbonyl (C=O) groups is 6. The SMILES string of the molecule is Cc1ccc(CCNC(=O)[C@H]2CN(C(=O)c3ccc(C(=O)N4C[C@H](C(=O)NCCc5ccc(C#N)cc5)[C@@H](C(=O)NCCc5ccc(C#N)cc5)C4)cc3)C[C@@H]2C(=O)NCCc2ccc(C#N)cc2)cc1. The minimum absolute atomic E-state index is 0.000105. The van der Waals surface area contributed by atoms with Gasteiger partial charge in [-0.25, -0.2) is 0 Å². The van der Waals surface area contributed by atoms with Gasteiger partial charge in [0.25, 0.3) is 11.8 Å². The van der Waals surface area contributed by atoms with Crippen molar-refractivity contribution in [2.24, 2.45) is 23.7 Å². The average Bonchev–Trinajstić information content (AvgIpc) is 4.06. The zero-order valence-corrected chi connectivity index (χ0v) is 39.5. The van der Waals surface area contributed by atoms with Gasteiger partial charge < -0.3 is 31.1 Å². The zero-order chi connectivity index (χ0) is 50.3. The average molecular weight is 950 g/mol. The van der Waals surface area contributed by atoms with E-state index in [1.807, 2.05) is 67.6 Å². The molecule has 2 fully saturated rings. The first-order valence-electron chi connectivity index (χ1n) is 23.7. The van der Waals surface area contributed by atoms with E-state index in [9.17, 15) is 28.8 Å². The van der Waals surface area contributed by atoms with Crippen molar-refractivity contribution in [1.29, 1.82) is 15.8 Å². The Morgan fingerprint density at radius 2 is 0.648 bits per heavy atom. The standard InChI is InChI=1S/C56H55N9O6/c1-37-2-4-38(5-3-37)22-26-60-51(66)47-33-64(34-48(47)52(67)61-27-23-39-6-12-42(30-57)13-7-39)55(70)45-18-20-46(21-19-45)56(71)65-35-49(53(68)62-28-24-40-8-14-43(31-58)15-9-40)50(36-65)54(69)63-29-25-41-10-16-44(32-59)17-11-41/h2-21,47-50H,22-29,33-36H2,1H3,(H,60,66)(H,61,67)(H,62,68)(H,63,69)/t47-,48-,49-,50-/m0/s1. The van der Waals surface area contributed by atoms with Crippen molar-refractivity contribution in [3.8, 4) is 18.2 Å². The molecule has 360 valence electrons. The predicted octanol–water partition coefficient (Wildman–Crippen LogP) is 4.42. The number of nitriles is 3. The summed E-state index contributed by atoms with van der Waals surface area (Å²) in [6.45, 7) is 3.17. The molecule has 5 aromatic carbocycles. The van der Waals surface area contributed by atoms with E-state index in [1.54, 1.807) is 36.4 Å². The van der Waals surface area contributed by atoms with Gasteiger partial charge in [0.05, 0.1) is 58.6 Å². The quantitative estimate of drug-likeness (QED) is 0.0974. The van der Waals surface area contributed by atoms with E-state index in [2.05, 4.69) is 39.5 Å². The first kappa shape index (κ1) is 50.3. The van der Waals surface area contributed by atoms with Crippen molar-refractivity contribution in [3.05, 3.63) is 177 Å². The molecule has 15 nitrogen and oxygen atoms in total. The van der Waals surface area contributed by atoms with Gasteiger partial charge in [0.1, 0.15) is 0 Å². The van der Waals surface area contributed by atoms with Gasteiger partial charge >= 0.3 is 0 Å². The summed E-state index contributed by atoms with van der Waals surface area (Å²) in [4.78, 5) is 86.1. The van der Waals surface area contributed by atoms with E-state index >= 15 is 0 Å². The van der Waals surface area contributed by atoms with Crippen molar-refractivity contribution in [2.75, 3.05) is 52.4 Å². The molecule has 5 aromatic rings. The Hall–Kier alpha value is -8.61. The molecule has 0 saturated carbocycles. The van der Waals surface area contributed by atoms with Crippen LogP contribution in [-0.4, -0.2) is 97.6 Å². The Labute approximate surface area is 413 Å². The first-order valence-corrected chi connectivity index (χ1v) is 23.7. The Bertz CT molecular complexity index is 2760. The maximum absolute atomic E-state index is 14.1. The molecule has 0 spiro atoms. The Morgan fingerprint density at radius 1 is 0.408 bits per heavy atom. The number of benzene rings is 5. The van der Waals surface area contributed by atoms with E-state index in [1.165, 1.54) is 34.1 Å². The number of hydrogen-bond donors (Lipinski definition) is 4. The van der Waals surface area contributed by atoms with Crippen LogP contribution in [0.15, 0.2) is 121 Å². The topological polar surface area (TPSA) is 228 Å². The van der Waals surface area contributed by atoms with Crippen LogP contribution in [-0.2, 0) is 44.9 Å². The second-order valence-electron chi connectivity index (χ2n) is 18.0. The van der Waals surface area contributed by atoms with Gasteiger partial charge in [-0.15, -0.1) is 0 Å². The number of hydrogen-bond acceptors (Lipinski definition) is 9. The molecule has 6 amide bonds. The summed E-state index contributed by atoms with van der Waals surface area (Å²) in [5, 5.41) is 39.2. The Morgan fingerprint density at radius 3 is 0.887 bits per heavy atom. The van der Waals surface area contributed by atoms with Crippen molar-refractivity contribution in [2.45, 2.75) is 32.6 Å². The van der Waals surface area contributed by atoms with E-state index in [-0.39, 0.29) is 74.0 Å². The van der Waals surface area contributed by atoms with Crippen LogP contribution in [0.25, 0.3) is 0 Å². The monoisotopic (exact) mass is 949 g/mol. The molecule has 0 bridgehead atoms. The van der Waals surface area contributed by atoms with Crippen LogP contribution in [0.3, 0.4) is 0 Å². The van der Waals surface area contributed by atoms with Gasteiger partial charge in [-0.3, -0.25) is 28.8 Å². The number of nitrogens with one attached hydrogen (secondary N) is 4. The molecule has 15 heteroatoms. The molecule has 0 aromatic heterocycles. The van der Waals surface area contributed by atoms with E-state index < -0.39 is 35.5 Å². The van der Waals surface area contributed by atoms with Crippen LogP contribution in [0.1, 0.15) is 65.2 Å². The van der Waals surface area contributed by atoms with Crippen molar-refractivity contribution < 1.29 is 28.8 Å². The molecule has 4 N–H and O–H groups in total. The van der Waals surface area contributed by atoms with Crippen LogP contribution < -0.4 is 21.3 Å². The second kappa shape index (κ2) is 24.1. The third-order valence-corrected chi connectivity index (χ3v) is 13.2. The fraction of sp³-hybridized carbons (Fsp3) is 0.304. The number of carbonyl (C=O) groups excluding carboxylic acids is 6. The van der Waals surface area contributed by atoms with Gasteiger partial charge in [-0.05, 0) is 116 Å². The lowest BCUT2D eigenvalue weighted by molar-refractivity contribution is -0.132. The number of rotatable bonds is 18. The highest BCUT2D eigenvalue weighted by molar-refractivity contribution is 6.00. The highest BCUT2D eigenvalue weighted by Crippen LogP contribution is 2.28. The molecule has 7 rings (SSSR count). The van der Waals surface area contributed by atoms with Crippen LogP contribution >= 0.6 is 0 Å². The minimum atomic E-state index is -0.847. The van der Waals surface area contributed by atoms with E-state index in [4.69, 9.17) is 15.8 Å². The molecule has 2 aliphatic heterocycles. The minimum Gasteiger partial charge on any atom is -0.355 e. The fourth-order valence-electron chi connectivity index (χ4n) is 8.96. The molecule has 2 saturated heterocycles. The fourth-order valence-corrected chi connectivity index (χ4v) is 8.96. The maximum Gasteiger partial charge on any atom is 0.253 e. The molecule has 2 aliphatic rings. The lowest BCUT2D eigenvalue weighted by atomic mass is 9.94. The summed E-state index contributed by atoms with van der Waals surface area (Å²) < 4.78 is 0. The van der Waals surface area contributed by atoms with Gasteiger partial charge in [-0.2, -0.15) is 15.8 Å². The molecule has 71 heavy (non-hydrogen) atoms. The highest BCUT2D eigenvalue weighted by atomic mass is 16.2. The third-order valence-electron chi connectivity index (χ3n) is 13.2. The lowest BCUT2D eigenvalue weighted by Crippen LogP contribution is -2.42. The van der Waals surface area contributed by atoms with Crippen LogP contribution in [0.2, 0.25) is 0 Å². The van der Waals surface area contributed by atoms with Crippen LogP contribution in [0, 0.1) is 64.6 Å². The summed E-state index contributed by atoms with van der Waals surface area (Å²) in [5.74, 6) is -5.59. The summed E-state index contributed by atoms with van der Waals surface area (Å²) in [5.41, 5.74) is 7.04. The molecular weight excluding hydrogens is 895 g/mol. The van der Waals surface area contributed by atoms with E-state index in [0.29, 0.717) is 55.5 Å². The summed E-state index contributed by atoms with van der Waals surface area (Å²) in [6, 6.07) is 41.5. The maximum atomic E-state index is 14.1. The smallest absolute Gasteiger partial charge is 0.253 e. The molecule has 0 radical (unpaired) electrons. The summed E-state index contributed by atoms with van der Waals surface area (Å²) >= 11 is 0. The van der Waals surface area contributed by atoms with Crippen molar-refractivity contribution in [1.82, 2.24) is 31.1 Å². The lowest BCUT2D eigenvalue weighted by Gasteiger charge is -2.18. The largest absolute Gasteiger partial charge is 0.355 e. The number of nitrogens with zero attached hydrogens (tertiary/aromatic N) is 5. The van der Waals surface area contributed by atoms with Crippen LogP contribution in [0.5, 0.6) is 0 Å². The Kier molecular flexibility index (Phi) is 17.1. The normalized spacial score (nSPS) is 17.0. The summed E-state index contributed by atoms with van der Waals surface area (Å²) in [7, 11) is 0. The zero-order valence-electron chi connectivity index (χ0n) is 39.5. The van der Waals surface area contributed by atoms with Gasteiger partial charge in [0.2, 0.25) is 23.6 Å². The first-order chi connectivity index (χ1) is 34.4. The molecule has 0 unspecified atom stereocenters. The molecule has 0 aliphatic carbocycles. The highest BCUT2D eigenvalue weighted by Gasteiger charge is 2.45. The molecule has 4 atom stereocenters. The number of likely N-dealkylation sites (tertiary alicyclic amines) is 2. The predicted molar refractivity (Wildman–Crippen MR) is 264 cm³/mol. The molecule has 2 heterocycles. The van der Waals surface area contributed by atoms with Gasteiger partial charge in [0, 0.05) is 63.5 Å².